The minimum atomic E-state index is -1.13. The second-order valence-electron chi connectivity index (χ2n) is 13.1. The lowest BCUT2D eigenvalue weighted by molar-refractivity contribution is 0.0740. The molecule has 0 radical (unpaired) electrons. The first-order chi connectivity index (χ1) is 26.6. The molecule has 0 spiro atoms. The third-order valence-electron chi connectivity index (χ3n) is 9.16. The van der Waals surface area contributed by atoms with E-state index in [0.717, 1.165) is 22.3 Å². The Morgan fingerprint density at radius 3 is 2.31 bits per heavy atom. The summed E-state index contributed by atoms with van der Waals surface area (Å²) in [4.78, 5) is 41.6. The Hall–Kier alpha value is -6.14. The molecule has 2 amide bonds. The van der Waals surface area contributed by atoms with Crippen molar-refractivity contribution in [3.8, 4) is 11.5 Å². The number of benzene rings is 5. The summed E-state index contributed by atoms with van der Waals surface area (Å²) >= 11 is 6.11. The summed E-state index contributed by atoms with van der Waals surface area (Å²) in [6, 6.07) is 36.7. The average molecular weight is 761 g/mol. The number of carbonyl (C=O) groups is 2. The standard InChI is InChI=1S/C43H41ClN4O7/c44-33-16-12-28(13-17-33)26-48(23-5-22-45-25-38(50)35-18-20-37(49)41-36(35)19-21-39(51)46-41)42(52)31-14-10-29(11-15-31)27-55-34-9-4-8-32(24-34)40(47-43(53)54)30-6-2-1-3-7-30/h1-4,6-21,24,38,40,45,47,49-50H,5,22-23,25-27H2,(H,46,51)(H,53,54)/t38-,40-/m0/s1. The van der Waals surface area contributed by atoms with E-state index in [1.807, 2.05) is 78.9 Å². The van der Waals surface area contributed by atoms with Gasteiger partial charge in [0.1, 0.15) is 18.1 Å². The molecule has 0 bridgehead atoms. The van der Waals surface area contributed by atoms with E-state index in [2.05, 4.69) is 15.6 Å². The van der Waals surface area contributed by atoms with Crippen molar-refractivity contribution in [1.29, 1.82) is 0 Å². The number of aromatic nitrogens is 1. The number of aromatic amines is 1. The van der Waals surface area contributed by atoms with Gasteiger partial charge in [-0.25, -0.2) is 4.79 Å². The van der Waals surface area contributed by atoms with Crippen molar-refractivity contribution in [3.05, 3.63) is 176 Å². The van der Waals surface area contributed by atoms with Crippen LogP contribution in [0.4, 0.5) is 4.79 Å². The van der Waals surface area contributed by atoms with Gasteiger partial charge < -0.3 is 40.6 Å². The number of phenols is 1. The van der Waals surface area contributed by atoms with Crippen LogP contribution in [0, 0.1) is 0 Å². The van der Waals surface area contributed by atoms with Crippen molar-refractivity contribution in [2.45, 2.75) is 31.7 Å². The predicted octanol–water partition coefficient (Wildman–Crippen LogP) is 7.18. The highest BCUT2D eigenvalue weighted by Crippen LogP contribution is 2.29. The Labute approximate surface area is 322 Å². The molecule has 0 fully saturated rings. The van der Waals surface area contributed by atoms with Crippen molar-refractivity contribution >= 4 is 34.5 Å². The summed E-state index contributed by atoms with van der Waals surface area (Å²) in [5, 5.41) is 37.6. The van der Waals surface area contributed by atoms with Crippen LogP contribution >= 0.6 is 11.6 Å². The molecule has 0 saturated heterocycles. The molecule has 6 rings (SSSR count). The molecule has 6 aromatic rings. The molecule has 282 valence electrons. The number of hydrogen-bond acceptors (Lipinski definition) is 7. The number of amides is 2. The van der Waals surface area contributed by atoms with Gasteiger partial charge in [0.25, 0.3) is 5.91 Å². The number of fused-ring (bicyclic) bond motifs is 1. The number of H-pyrrole nitrogens is 1. The average Bonchev–Trinajstić information content (AvgIpc) is 3.20. The molecule has 1 aromatic heterocycles. The number of nitrogens with zero attached hydrogens (tertiary/aromatic N) is 1. The number of carbonyl (C=O) groups excluding carboxylic acids is 1. The quantitative estimate of drug-likeness (QED) is 0.0565. The summed E-state index contributed by atoms with van der Waals surface area (Å²) in [5.41, 5.74) is 4.35. The van der Waals surface area contributed by atoms with Gasteiger partial charge in [-0.15, -0.1) is 0 Å². The molecular weight excluding hydrogens is 720 g/mol. The Balaban J connectivity index is 1.07. The van der Waals surface area contributed by atoms with E-state index in [-0.39, 0.29) is 35.9 Å². The summed E-state index contributed by atoms with van der Waals surface area (Å²) in [7, 11) is 0. The number of hydrogen-bond donors (Lipinski definition) is 6. The number of halogens is 1. The molecule has 1 heterocycles. The van der Waals surface area contributed by atoms with Crippen LogP contribution in [0.15, 0.2) is 132 Å². The van der Waals surface area contributed by atoms with E-state index in [9.17, 15) is 29.7 Å². The van der Waals surface area contributed by atoms with Gasteiger partial charge in [0.05, 0.1) is 17.7 Å². The highest BCUT2D eigenvalue weighted by molar-refractivity contribution is 6.30. The number of phenolic OH excluding ortho intramolecular Hbond substituents is 1. The number of aliphatic hydroxyl groups excluding tert-OH is 1. The summed E-state index contributed by atoms with van der Waals surface area (Å²) in [6.45, 7) is 1.80. The lowest BCUT2D eigenvalue weighted by Crippen LogP contribution is -2.33. The Kier molecular flexibility index (Phi) is 12.8. The van der Waals surface area contributed by atoms with Crippen LogP contribution in [-0.2, 0) is 13.2 Å². The van der Waals surface area contributed by atoms with Gasteiger partial charge in [0.15, 0.2) is 0 Å². The molecule has 5 aromatic carbocycles. The molecule has 0 aliphatic heterocycles. The Morgan fingerprint density at radius 1 is 0.836 bits per heavy atom. The first-order valence-corrected chi connectivity index (χ1v) is 18.2. The number of rotatable bonds is 16. The van der Waals surface area contributed by atoms with E-state index < -0.39 is 18.2 Å². The van der Waals surface area contributed by atoms with Crippen molar-refractivity contribution in [1.82, 2.24) is 20.5 Å². The zero-order valence-corrected chi connectivity index (χ0v) is 30.6. The van der Waals surface area contributed by atoms with Crippen molar-refractivity contribution in [2.24, 2.45) is 0 Å². The normalized spacial score (nSPS) is 12.2. The fourth-order valence-corrected chi connectivity index (χ4v) is 6.49. The van der Waals surface area contributed by atoms with Crippen LogP contribution in [-0.4, -0.2) is 56.8 Å². The van der Waals surface area contributed by atoms with Gasteiger partial charge >= 0.3 is 6.09 Å². The van der Waals surface area contributed by atoms with Gasteiger partial charge in [0, 0.05) is 41.7 Å². The highest BCUT2D eigenvalue weighted by Gasteiger charge is 2.19. The second kappa shape index (κ2) is 18.3. The molecule has 0 saturated carbocycles. The maximum atomic E-state index is 13.8. The fourth-order valence-electron chi connectivity index (χ4n) is 6.36. The lowest BCUT2D eigenvalue weighted by atomic mass is 9.98. The van der Waals surface area contributed by atoms with Gasteiger partial charge in [-0.2, -0.15) is 0 Å². The lowest BCUT2D eigenvalue weighted by Gasteiger charge is -2.24. The van der Waals surface area contributed by atoms with E-state index in [1.165, 1.54) is 12.1 Å². The number of nitrogens with one attached hydrogen (secondary N) is 3. The number of aliphatic hydroxyl groups is 1. The monoisotopic (exact) mass is 760 g/mol. The third kappa shape index (κ3) is 10.3. The van der Waals surface area contributed by atoms with E-state index >= 15 is 0 Å². The smallest absolute Gasteiger partial charge is 0.405 e. The van der Waals surface area contributed by atoms with Crippen LogP contribution in [0.5, 0.6) is 11.5 Å². The van der Waals surface area contributed by atoms with Crippen molar-refractivity contribution < 1.29 is 29.6 Å². The Bertz CT molecular complexity index is 2280. The van der Waals surface area contributed by atoms with E-state index in [0.29, 0.717) is 53.3 Å². The second-order valence-corrected chi connectivity index (χ2v) is 13.5. The minimum absolute atomic E-state index is 0.0718. The topological polar surface area (TPSA) is 164 Å². The van der Waals surface area contributed by atoms with E-state index in [1.54, 1.807) is 41.3 Å². The molecule has 55 heavy (non-hydrogen) atoms. The van der Waals surface area contributed by atoms with E-state index in [4.69, 9.17) is 16.3 Å². The van der Waals surface area contributed by atoms with Crippen LogP contribution in [0.2, 0.25) is 5.02 Å². The SMILES string of the molecule is O=C(O)N[C@@H](c1ccccc1)c1cccc(OCc2ccc(C(=O)N(CCCNC[C@H](O)c3ccc(O)c4[nH]c(=O)ccc34)Cc3ccc(Cl)cc3)cc2)c1. The number of ether oxygens (including phenoxy) is 1. The number of aromatic hydroxyl groups is 1. The third-order valence-corrected chi connectivity index (χ3v) is 9.41. The van der Waals surface area contributed by atoms with Crippen molar-refractivity contribution in [3.63, 3.8) is 0 Å². The summed E-state index contributed by atoms with van der Waals surface area (Å²) in [5.74, 6) is 0.365. The molecule has 12 heteroatoms. The highest BCUT2D eigenvalue weighted by atomic mass is 35.5. The number of carboxylic acid groups (broad SMARTS) is 1. The van der Waals surface area contributed by atoms with Crippen molar-refractivity contribution in [2.75, 3.05) is 19.6 Å². The largest absolute Gasteiger partial charge is 0.506 e. The fraction of sp³-hybridized carbons (Fsp3) is 0.186. The predicted molar refractivity (Wildman–Crippen MR) is 212 cm³/mol. The maximum Gasteiger partial charge on any atom is 0.405 e. The zero-order chi connectivity index (χ0) is 38.7. The van der Waals surface area contributed by atoms with Crippen LogP contribution in [0.1, 0.15) is 56.7 Å². The van der Waals surface area contributed by atoms with Crippen LogP contribution in [0.3, 0.4) is 0 Å². The van der Waals surface area contributed by atoms with Gasteiger partial charge in [-0.3, -0.25) is 9.59 Å². The van der Waals surface area contributed by atoms with Crippen LogP contribution < -0.4 is 20.9 Å². The summed E-state index contributed by atoms with van der Waals surface area (Å²) < 4.78 is 6.08. The first-order valence-electron chi connectivity index (χ1n) is 17.8. The van der Waals surface area contributed by atoms with Gasteiger partial charge in [-0.05, 0) is 89.3 Å². The minimum Gasteiger partial charge on any atom is -0.506 e. The zero-order valence-electron chi connectivity index (χ0n) is 29.8. The molecule has 6 N–H and O–H groups in total. The molecule has 0 unspecified atom stereocenters. The van der Waals surface area contributed by atoms with Gasteiger partial charge in [0.2, 0.25) is 5.56 Å². The first kappa shape index (κ1) is 38.6. The molecule has 2 atom stereocenters. The summed E-state index contributed by atoms with van der Waals surface area (Å²) in [6.07, 6.45) is -1.42. The number of pyridine rings is 1. The van der Waals surface area contributed by atoms with Crippen LogP contribution in [0.25, 0.3) is 10.9 Å². The molecule has 0 aliphatic rings. The molecular formula is C43H41ClN4O7. The molecule has 11 nitrogen and oxygen atoms in total. The molecule has 0 aliphatic carbocycles. The van der Waals surface area contributed by atoms with Gasteiger partial charge in [-0.1, -0.05) is 84.4 Å². The Morgan fingerprint density at radius 2 is 1.56 bits per heavy atom. The maximum absolute atomic E-state index is 13.8.